The molecule has 0 saturated heterocycles. The second-order valence-electron chi connectivity index (χ2n) is 5.59. The van der Waals surface area contributed by atoms with E-state index in [4.69, 9.17) is 0 Å². The Labute approximate surface area is 117 Å². The Morgan fingerprint density at radius 3 is 2.55 bits per heavy atom. The highest BCUT2D eigenvalue weighted by Gasteiger charge is 2.35. The van der Waals surface area contributed by atoms with E-state index in [2.05, 4.69) is 9.97 Å². The summed E-state index contributed by atoms with van der Waals surface area (Å²) in [5.41, 5.74) is 1.82. The average Bonchev–Trinajstić information content (AvgIpc) is 2.37. The fourth-order valence-electron chi connectivity index (χ4n) is 2.70. The molecule has 1 heterocycles. The van der Waals surface area contributed by atoms with Gasteiger partial charge in [0.05, 0.1) is 22.6 Å². The Morgan fingerprint density at radius 1 is 1.15 bits per heavy atom. The lowest BCUT2D eigenvalue weighted by molar-refractivity contribution is 0.0401. The number of aromatic nitrogens is 2. The zero-order valence-corrected chi connectivity index (χ0v) is 11.6. The van der Waals surface area contributed by atoms with Crippen LogP contribution in [0.3, 0.4) is 0 Å². The topological polar surface area (TPSA) is 63.1 Å². The molecule has 0 aliphatic heterocycles. The Bertz CT molecular complexity index is 678. The lowest BCUT2D eigenvalue weighted by Gasteiger charge is -2.28. The number of ketones is 1. The molecule has 0 spiro atoms. The maximum atomic E-state index is 12.1. The highest BCUT2D eigenvalue weighted by Crippen LogP contribution is 2.30. The van der Waals surface area contributed by atoms with E-state index in [1.54, 1.807) is 6.92 Å². The number of carbonyl (C=O) groups excluding carboxylic acids is 1. The van der Waals surface area contributed by atoms with Crippen LogP contribution in [0.2, 0.25) is 0 Å². The van der Waals surface area contributed by atoms with E-state index in [0.29, 0.717) is 29.2 Å². The summed E-state index contributed by atoms with van der Waals surface area (Å²) in [6, 6.07) is 9.65. The zero-order valence-electron chi connectivity index (χ0n) is 11.6. The third-order valence-electron chi connectivity index (χ3n) is 3.57. The van der Waals surface area contributed by atoms with Crippen LogP contribution in [0.1, 0.15) is 35.1 Å². The molecule has 0 bridgehead atoms. The lowest BCUT2D eigenvalue weighted by atomic mass is 9.83. The Hall–Kier alpha value is -2.07. The normalized spacial score (nSPS) is 21.6. The molecule has 1 aromatic carbocycles. The molecule has 1 aliphatic carbocycles. The first-order valence-electron chi connectivity index (χ1n) is 6.65. The van der Waals surface area contributed by atoms with Crippen molar-refractivity contribution in [3.63, 3.8) is 0 Å². The van der Waals surface area contributed by atoms with Crippen LogP contribution in [0.25, 0.3) is 11.4 Å². The first-order chi connectivity index (χ1) is 9.46. The number of hydrogen-bond acceptors (Lipinski definition) is 4. The van der Waals surface area contributed by atoms with Crippen LogP contribution in [0, 0.1) is 6.92 Å². The van der Waals surface area contributed by atoms with Gasteiger partial charge in [-0.05, 0) is 13.8 Å². The van der Waals surface area contributed by atoms with Crippen molar-refractivity contribution in [2.75, 3.05) is 0 Å². The third-order valence-corrected chi connectivity index (χ3v) is 3.57. The van der Waals surface area contributed by atoms with Crippen molar-refractivity contribution in [2.24, 2.45) is 0 Å². The Balaban J connectivity index is 2.15. The van der Waals surface area contributed by atoms with E-state index in [1.165, 1.54) is 0 Å². The van der Waals surface area contributed by atoms with E-state index in [-0.39, 0.29) is 12.2 Å². The predicted molar refractivity (Wildman–Crippen MR) is 75.5 cm³/mol. The standard InChI is InChI=1S/C16H16N2O2/c1-10-14-12(8-16(2,20)9-13(14)19)18-15(17-10)11-6-4-3-5-7-11/h3-7,20H,8-9H2,1-2H3. The van der Waals surface area contributed by atoms with Crippen molar-refractivity contribution in [3.8, 4) is 11.4 Å². The van der Waals surface area contributed by atoms with Gasteiger partial charge in [-0.1, -0.05) is 30.3 Å². The molecule has 1 N–H and O–H groups in total. The molecular weight excluding hydrogens is 252 g/mol. The molecule has 2 aromatic rings. The average molecular weight is 268 g/mol. The molecular formula is C16H16N2O2. The van der Waals surface area contributed by atoms with Crippen molar-refractivity contribution < 1.29 is 9.90 Å². The summed E-state index contributed by atoms with van der Waals surface area (Å²) in [5, 5.41) is 10.2. The molecule has 1 atom stereocenters. The minimum Gasteiger partial charge on any atom is -0.389 e. The first-order valence-corrected chi connectivity index (χ1v) is 6.65. The molecule has 4 nitrogen and oxygen atoms in total. The fourth-order valence-corrected chi connectivity index (χ4v) is 2.70. The van der Waals surface area contributed by atoms with Crippen molar-refractivity contribution in [1.29, 1.82) is 0 Å². The molecule has 0 fully saturated rings. The van der Waals surface area contributed by atoms with Crippen LogP contribution in [0.5, 0.6) is 0 Å². The number of carbonyl (C=O) groups is 1. The van der Waals surface area contributed by atoms with Gasteiger partial charge in [0.1, 0.15) is 0 Å². The highest BCUT2D eigenvalue weighted by atomic mass is 16.3. The van der Waals surface area contributed by atoms with Gasteiger partial charge in [0.2, 0.25) is 0 Å². The highest BCUT2D eigenvalue weighted by molar-refractivity contribution is 6.00. The molecule has 0 amide bonds. The van der Waals surface area contributed by atoms with Crippen molar-refractivity contribution >= 4 is 5.78 Å². The van der Waals surface area contributed by atoms with Crippen molar-refractivity contribution in [3.05, 3.63) is 47.3 Å². The summed E-state index contributed by atoms with van der Waals surface area (Å²) < 4.78 is 0. The van der Waals surface area contributed by atoms with Gasteiger partial charge < -0.3 is 5.11 Å². The summed E-state index contributed by atoms with van der Waals surface area (Å²) in [6.07, 6.45) is 0.520. The number of nitrogens with zero attached hydrogens (tertiary/aromatic N) is 2. The fraction of sp³-hybridized carbons (Fsp3) is 0.312. The minimum atomic E-state index is -1.02. The smallest absolute Gasteiger partial charge is 0.169 e. The van der Waals surface area contributed by atoms with Gasteiger partial charge in [-0.25, -0.2) is 9.97 Å². The number of benzene rings is 1. The lowest BCUT2D eigenvalue weighted by Crippen LogP contribution is -2.37. The van der Waals surface area contributed by atoms with Crippen molar-refractivity contribution in [2.45, 2.75) is 32.3 Å². The maximum Gasteiger partial charge on any atom is 0.169 e. The van der Waals surface area contributed by atoms with Crippen LogP contribution < -0.4 is 0 Å². The molecule has 102 valence electrons. The van der Waals surface area contributed by atoms with Crippen LogP contribution in [-0.2, 0) is 6.42 Å². The van der Waals surface area contributed by atoms with Gasteiger partial charge >= 0.3 is 0 Å². The number of rotatable bonds is 1. The summed E-state index contributed by atoms with van der Waals surface area (Å²) in [7, 11) is 0. The third kappa shape index (κ3) is 2.23. The number of fused-ring (bicyclic) bond motifs is 1. The monoisotopic (exact) mass is 268 g/mol. The summed E-state index contributed by atoms with van der Waals surface area (Å²) in [4.78, 5) is 21.1. The van der Waals surface area contributed by atoms with Gasteiger partial charge in [0, 0.05) is 18.4 Å². The molecule has 3 rings (SSSR count). The molecule has 1 unspecified atom stereocenters. The van der Waals surface area contributed by atoms with E-state index >= 15 is 0 Å². The quantitative estimate of drug-likeness (QED) is 0.862. The van der Waals surface area contributed by atoms with Gasteiger partial charge in [0.25, 0.3) is 0 Å². The summed E-state index contributed by atoms with van der Waals surface area (Å²) in [6.45, 7) is 3.50. The number of aliphatic hydroxyl groups is 1. The molecule has 1 aliphatic rings. The predicted octanol–water partition coefficient (Wildman–Crippen LogP) is 2.33. The maximum absolute atomic E-state index is 12.1. The van der Waals surface area contributed by atoms with Gasteiger partial charge in [-0.3, -0.25) is 4.79 Å². The minimum absolute atomic E-state index is 0.0756. The van der Waals surface area contributed by atoms with Crippen LogP contribution >= 0.6 is 0 Å². The molecule has 0 radical (unpaired) electrons. The van der Waals surface area contributed by atoms with Gasteiger partial charge in [-0.2, -0.15) is 0 Å². The Kier molecular flexibility index (Phi) is 2.91. The zero-order chi connectivity index (χ0) is 14.3. The second-order valence-corrected chi connectivity index (χ2v) is 5.59. The molecule has 4 heteroatoms. The van der Waals surface area contributed by atoms with E-state index in [1.807, 2.05) is 37.3 Å². The van der Waals surface area contributed by atoms with E-state index in [0.717, 1.165) is 5.56 Å². The SMILES string of the molecule is Cc1nc(-c2ccccc2)nc2c1C(=O)CC(C)(O)C2. The van der Waals surface area contributed by atoms with Gasteiger partial charge in [0.15, 0.2) is 11.6 Å². The van der Waals surface area contributed by atoms with E-state index < -0.39 is 5.60 Å². The molecule has 1 aromatic heterocycles. The van der Waals surface area contributed by atoms with Gasteiger partial charge in [-0.15, -0.1) is 0 Å². The largest absolute Gasteiger partial charge is 0.389 e. The summed E-state index contributed by atoms with van der Waals surface area (Å²) >= 11 is 0. The van der Waals surface area contributed by atoms with Crippen LogP contribution in [0.4, 0.5) is 0 Å². The number of hydrogen-bond donors (Lipinski definition) is 1. The van der Waals surface area contributed by atoms with E-state index in [9.17, 15) is 9.90 Å². The van der Waals surface area contributed by atoms with Crippen LogP contribution in [-0.4, -0.2) is 26.5 Å². The summed E-state index contributed by atoms with van der Waals surface area (Å²) in [5.74, 6) is 0.528. The second kappa shape index (κ2) is 4.49. The van der Waals surface area contributed by atoms with Crippen LogP contribution in [0.15, 0.2) is 30.3 Å². The number of Topliss-reactive ketones (excluding diaryl/α,β-unsaturated/α-hetero) is 1. The Morgan fingerprint density at radius 2 is 1.85 bits per heavy atom. The number of aryl methyl sites for hydroxylation is 1. The van der Waals surface area contributed by atoms with Crippen molar-refractivity contribution in [1.82, 2.24) is 9.97 Å². The molecule has 20 heavy (non-hydrogen) atoms. The molecule has 0 saturated carbocycles. The first kappa shape index (κ1) is 12.9.